The highest BCUT2D eigenvalue weighted by Crippen LogP contribution is 2.34. The molecule has 0 spiro atoms. The molecule has 0 saturated heterocycles. The van der Waals surface area contributed by atoms with Crippen molar-refractivity contribution in [3.8, 4) is 10.8 Å². The molecule has 1 N–H and O–H groups in total. The lowest BCUT2D eigenvalue weighted by Gasteiger charge is -2.29. The lowest BCUT2D eigenvalue weighted by Crippen LogP contribution is -2.32. The van der Waals surface area contributed by atoms with Gasteiger partial charge in [-0.05, 0) is 19.8 Å². The van der Waals surface area contributed by atoms with Gasteiger partial charge in [-0.25, -0.2) is 28.1 Å². The van der Waals surface area contributed by atoms with Gasteiger partial charge in [0.05, 0.1) is 5.69 Å². The number of thiazole rings is 1. The minimum absolute atomic E-state index is 0.0190. The van der Waals surface area contributed by atoms with E-state index in [0.717, 1.165) is 5.69 Å². The van der Waals surface area contributed by atoms with Crippen LogP contribution in [0.2, 0.25) is 0 Å². The van der Waals surface area contributed by atoms with Gasteiger partial charge in [-0.15, -0.1) is 11.3 Å². The molecule has 1 saturated carbocycles. The number of rotatable bonds is 4. The monoisotopic (exact) mass is 342 g/mol. The SMILES string of the molecule is Cc1cc(NC2CCC(F)(F)CC2)nc(-c2nc(CF)cs2)n1. The highest BCUT2D eigenvalue weighted by molar-refractivity contribution is 7.13. The van der Waals surface area contributed by atoms with Gasteiger partial charge in [0, 0.05) is 36.0 Å². The van der Waals surface area contributed by atoms with E-state index in [9.17, 15) is 13.2 Å². The molecule has 2 aromatic rings. The van der Waals surface area contributed by atoms with Gasteiger partial charge >= 0.3 is 0 Å². The third-order valence-corrected chi connectivity index (χ3v) is 4.69. The second-order valence-electron chi connectivity index (χ2n) is 5.77. The molecular formula is C15H17F3N4S. The summed E-state index contributed by atoms with van der Waals surface area (Å²) in [5, 5.41) is 5.40. The number of alkyl halides is 3. The first-order chi connectivity index (χ1) is 10.9. The van der Waals surface area contributed by atoms with E-state index in [-0.39, 0.29) is 18.9 Å². The molecule has 0 radical (unpaired) electrons. The highest BCUT2D eigenvalue weighted by Gasteiger charge is 2.34. The van der Waals surface area contributed by atoms with E-state index in [0.29, 0.717) is 35.2 Å². The molecule has 0 aliphatic heterocycles. The average Bonchev–Trinajstić information content (AvgIpc) is 2.98. The highest BCUT2D eigenvalue weighted by atomic mass is 32.1. The molecule has 1 aliphatic rings. The first-order valence-electron chi connectivity index (χ1n) is 7.46. The van der Waals surface area contributed by atoms with Crippen LogP contribution in [-0.4, -0.2) is 26.9 Å². The molecule has 3 rings (SSSR count). The molecule has 1 aliphatic carbocycles. The van der Waals surface area contributed by atoms with Gasteiger partial charge in [0.1, 0.15) is 12.5 Å². The van der Waals surface area contributed by atoms with E-state index < -0.39 is 12.6 Å². The minimum atomic E-state index is -2.55. The molecular weight excluding hydrogens is 325 g/mol. The zero-order chi connectivity index (χ0) is 16.4. The van der Waals surface area contributed by atoms with Gasteiger partial charge in [-0.1, -0.05) is 0 Å². The van der Waals surface area contributed by atoms with Crippen molar-refractivity contribution in [1.29, 1.82) is 0 Å². The first-order valence-corrected chi connectivity index (χ1v) is 8.34. The molecule has 2 aromatic heterocycles. The van der Waals surface area contributed by atoms with E-state index in [1.54, 1.807) is 11.4 Å². The van der Waals surface area contributed by atoms with Crippen molar-refractivity contribution in [2.24, 2.45) is 0 Å². The molecule has 0 unspecified atom stereocenters. The van der Waals surface area contributed by atoms with Crippen molar-refractivity contribution < 1.29 is 13.2 Å². The van der Waals surface area contributed by atoms with Crippen molar-refractivity contribution in [1.82, 2.24) is 15.0 Å². The second-order valence-corrected chi connectivity index (χ2v) is 6.63. The molecule has 1 fully saturated rings. The fraction of sp³-hybridized carbons (Fsp3) is 0.533. The predicted molar refractivity (Wildman–Crippen MR) is 83.5 cm³/mol. The van der Waals surface area contributed by atoms with Gasteiger partial charge in [0.25, 0.3) is 0 Å². The maximum absolute atomic E-state index is 13.2. The topological polar surface area (TPSA) is 50.7 Å². The Kier molecular flexibility index (Phi) is 4.52. The number of aryl methyl sites for hydroxylation is 1. The normalized spacial score (nSPS) is 18.1. The number of nitrogens with one attached hydrogen (secondary N) is 1. The van der Waals surface area contributed by atoms with Crippen LogP contribution < -0.4 is 5.32 Å². The zero-order valence-electron chi connectivity index (χ0n) is 12.7. The number of hydrogen-bond donors (Lipinski definition) is 1. The maximum atomic E-state index is 13.2. The summed E-state index contributed by atoms with van der Waals surface area (Å²) in [5.41, 5.74) is 1.11. The quantitative estimate of drug-likeness (QED) is 0.896. The van der Waals surface area contributed by atoms with Gasteiger partial charge in [0.2, 0.25) is 5.92 Å². The molecule has 8 heteroatoms. The van der Waals surface area contributed by atoms with Gasteiger partial charge in [-0.3, -0.25) is 0 Å². The Morgan fingerprint density at radius 2 is 2.00 bits per heavy atom. The molecule has 2 heterocycles. The smallest absolute Gasteiger partial charge is 0.248 e. The number of halogens is 3. The molecule has 0 amide bonds. The molecule has 4 nitrogen and oxygen atoms in total. The predicted octanol–water partition coefficient (Wildman–Crippen LogP) is 4.37. The number of hydrogen-bond acceptors (Lipinski definition) is 5. The summed E-state index contributed by atoms with van der Waals surface area (Å²) in [6, 6.07) is 1.76. The Hall–Kier alpha value is -1.70. The number of aromatic nitrogens is 3. The van der Waals surface area contributed by atoms with Gasteiger partial charge in [0.15, 0.2) is 10.8 Å². The Morgan fingerprint density at radius 1 is 1.26 bits per heavy atom. The summed E-state index contributed by atoms with van der Waals surface area (Å²) in [5.74, 6) is -1.52. The summed E-state index contributed by atoms with van der Waals surface area (Å²) in [4.78, 5) is 12.9. The first kappa shape index (κ1) is 16.2. The molecule has 0 bridgehead atoms. The van der Waals surface area contributed by atoms with Crippen LogP contribution >= 0.6 is 11.3 Å². The minimum Gasteiger partial charge on any atom is -0.367 e. The molecule has 0 aromatic carbocycles. The van der Waals surface area contributed by atoms with Crippen LogP contribution in [0.4, 0.5) is 19.0 Å². The molecule has 23 heavy (non-hydrogen) atoms. The summed E-state index contributed by atoms with van der Waals surface area (Å²) in [6.07, 6.45) is 0.616. The van der Waals surface area contributed by atoms with E-state index >= 15 is 0 Å². The van der Waals surface area contributed by atoms with E-state index in [4.69, 9.17) is 0 Å². The third-order valence-electron chi connectivity index (χ3n) is 3.80. The average molecular weight is 342 g/mol. The Bertz CT molecular complexity index is 679. The van der Waals surface area contributed by atoms with Crippen molar-refractivity contribution >= 4 is 17.2 Å². The summed E-state index contributed by atoms with van der Waals surface area (Å²) in [6.45, 7) is 1.21. The van der Waals surface area contributed by atoms with Crippen LogP contribution in [0.3, 0.4) is 0 Å². The van der Waals surface area contributed by atoms with Crippen molar-refractivity contribution in [3.63, 3.8) is 0 Å². The van der Waals surface area contributed by atoms with Crippen LogP contribution in [0.5, 0.6) is 0 Å². The lowest BCUT2D eigenvalue weighted by molar-refractivity contribution is -0.0361. The molecule has 124 valence electrons. The number of nitrogens with zero attached hydrogens (tertiary/aromatic N) is 3. The third kappa shape index (κ3) is 3.99. The van der Waals surface area contributed by atoms with Crippen LogP contribution in [0.25, 0.3) is 10.8 Å². The Balaban J connectivity index is 1.75. The van der Waals surface area contributed by atoms with E-state index in [2.05, 4.69) is 20.3 Å². The largest absolute Gasteiger partial charge is 0.367 e. The number of anilines is 1. The fourth-order valence-electron chi connectivity index (χ4n) is 2.60. The van der Waals surface area contributed by atoms with Crippen LogP contribution in [0, 0.1) is 6.92 Å². The lowest BCUT2D eigenvalue weighted by atomic mass is 9.92. The Morgan fingerprint density at radius 3 is 2.65 bits per heavy atom. The zero-order valence-corrected chi connectivity index (χ0v) is 13.5. The van der Waals surface area contributed by atoms with Gasteiger partial charge < -0.3 is 5.32 Å². The maximum Gasteiger partial charge on any atom is 0.248 e. The summed E-state index contributed by atoms with van der Waals surface area (Å²) in [7, 11) is 0. The van der Waals surface area contributed by atoms with E-state index in [1.165, 1.54) is 11.3 Å². The standard InChI is InChI=1S/C15H17F3N4S/c1-9-6-12(20-10-2-4-15(17,18)5-3-10)22-13(19-9)14-21-11(7-16)8-23-14/h6,8,10H,2-5,7H2,1H3,(H,19,20,22). The van der Waals surface area contributed by atoms with Crippen LogP contribution in [0.15, 0.2) is 11.4 Å². The van der Waals surface area contributed by atoms with E-state index in [1.807, 2.05) is 6.92 Å². The van der Waals surface area contributed by atoms with Crippen molar-refractivity contribution in [2.75, 3.05) is 5.32 Å². The fourth-order valence-corrected chi connectivity index (χ4v) is 3.33. The Labute approximate surface area is 136 Å². The summed E-state index contributed by atoms with van der Waals surface area (Å²) >= 11 is 1.29. The van der Waals surface area contributed by atoms with Crippen molar-refractivity contribution in [3.05, 3.63) is 22.8 Å². The van der Waals surface area contributed by atoms with Crippen molar-refractivity contribution in [2.45, 2.75) is 51.2 Å². The van der Waals surface area contributed by atoms with Crippen LogP contribution in [-0.2, 0) is 6.67 Å². The van der Waals surface area contributed by atoms with Crippen LogP contribution in [0.1, 0.15) is 37.1 Å². The molecule has 0 atom stereocenters. The summed E-state index contributed by atoms with van der Waals surface area (Å²) < 4.78 is 39.0. The second kappa shape index (κ2) is 6.43. The van der Waals surface area contributed by atoms with Gasteiger partial charge in [-0.2, -0.15) is 0 Å².